The van der Waals surface area contributed by atoms with Crippen LogP contribution in [0.15, 0.2) is 58.3 Å². The zero-order valence-electron chi connectivity index (χ0n) is 9.28. The number of fused-ring (bicyclic) bond motifs is 1. The Morgan fingerprint density at radius 1 is 0.944 bits per heavy atom. The number of hydrogen-bond donors (Lipinski definition) is 0. The van der Waals surface area contributed by atoms with Crippen molar-refractivity contribution in [1.82, 2.24) is 0 Å². The molecule has 0 aromatic heterocycles. The molecule has 2 aromatic carbocycles. The second kappa shape index (κ2) is 4.96. The van der Waals surface area contributed by atoms with Gasteiger partial charge in [-0.25, -0.2) is 3.71 Å². The summed E-state index contributed by atoms with van der Waals surface area (Å²) in [5.41, 5.74) is 1.07. The van der Waals surface area contributed by atoms with Gasteiger partial charge < -0.3 is 4.74 Å². The van der Waals surface area contributed by atoms with E-state index in [1.807, 2.05) is 24.3 Å². The van der Waals surface area contributed by atoms with Crippen LogP contribution in [0.25, 0.3) is 0 Å². The van der Waals surface area contributed by atoms with Crippen LogP contribution in [-0.4, -0.2) is 6.47 Å². The van der Waals surface area contributed by atoms with Crippen LogP contribution in [0.2, 0.25) is 0 Å². The van der Waals surface area contributed by atoms with Crippen molar-refractivity contribution in [2.75, 3.05) is 3.71 Å². The summed E-state index contributed by atoms with van der Waals surface area (Å²) >= 11 is 3.39. The fourth-order valence-corrected chi connectivity index (χ4v) is 3.87. The molecule has 0 aliphatic carbocycles. The quantitative estimate of drug-likeness (QED) is 0.628. The molecule has 0 saturated carbocycles. The standard InChI is InChI=1S/C13H9NO2S2/c15-9-16-11-7-5-10(6-8-11)14-17-12-3-1-2-4-13(12)18-14/h1-9H. The van der Waals surface area contributed by atoms with Crippen LogP contribution in [0.5, 0.6) is 5.75 Å². The minimum absolute atomic E-state index is 0.435. The average molecular weight is 275 g/mol. The third kappa shape index (κ3) is 2.19. The van der Waals surface area contributed by atoms with Gasteiger partial charge in [0.15, 0.2) is 0 Å². The van der Waals surface area contributed by atoms with Crippen molar-refractivity contribution in [1.29, 1.82) is 0 Å². The first-order valence-electron chi connectivity index (χ1n) is 5.32. The van der Waals surface area contributed by atoms with Gasteiger partial charge in [-0.05, 0) is 36.4 Å². The highest BCUT2D eigenvalue weighted by molar-refractivity contribution is 8.20. The minimum atomic E-state index is 0.435. The van der Waals surface area contributed by atoms with Gasteiger partial charge >= 0.3 is 0 Å². The van der Waals surface area contributed by atoms with Gasteiger partial charge in [-0.2, -0.15) is 0 Å². The summed E-state index contributed by atoms with van der Waals surface area (Å²) in [5, 5.41) is 0. The third-order valence-electron chi connectivity index (χ3n) is 2.44. The summed E-state index contributed by atoms with van der Waals surface area (Å²) < 4.78 is 6.91. The van der Waals surface area contributed by atoms with Gasteiger partial charge in [-0.15, -0.1) is 0 Å². The number of ether oxygens (including phenoxy) is 1. The predicted molar refractivity (Wildman–Crippen MR) is 73.8 cm³/mol. The highest BCUT2D eigenvalue weighted by Crippen LogP contribution is 2.48. The zero-order chi connectivity index (χ0) is 12.4. The van der Waals surface area contributed by atoms with E-state index in [1.54, 1.807) is 36.0 Å². The van der Waals surface area contributed by atoms with Crippen molar-refractivity contribution in [2.24, 2.45) is 0 Å². The van der Waals surface area contributed by atoms with Crippen LogP contribution in [0.4, 0.5) is 5.69 Å². The van der Waals surface area contributed by atoms with E-state index in [-0.39, 0.29) is 0 Å². The molecule has 2 aromatic rings. The smallest absolute Gasteiger partial charge is 0.298 e. The van der Waals surface area contributed by atoms with Crippen LogP contribution in [0, 0.1) is 0 Å². The summed E-state index contributed by atoms with van der Waals surface area (Å²) in [4.78, 5) is 12.7. The largest absolute Gasteiger partial charge is 0.429 e. The van der Waals surface area contributed by atoms with Crippen molar-refractivity contribution in [3.8, 4) is 5.75 Å². The average Bonchev–Trinajstić information content (AvgIpc) is 2.84. The first kappa shape index (κ1) is 11.5. The molecule has 0 unspecified atom stereocenters. The van der Waals surface area contributed by atoms with Crippen LogP contribution < -0.4 is 8.45 Å². The second-order valence-electron chi connectivity index (χ2n) is 3.59. The van der Waals surface area contributed by atoms with E-state index in [4.69, 9.17) is 4.74 Å². The Morgan fingerprint density at radius 3 is 2.11 bits per heavy atom. The van der Waals surface area contributed by atoms with Gasteiger partial charge in [0.25, 0.3) is 6.47 Å². The zero-order valence-corrected chi connectivity index (χ0v) is 10.9. The SMILES string of the molecule is O=COc1ccc(N2Sc3ccccc3S2)cc1. The van der Waals surface area contributed by atoms with Crippen molar-refractivity contribution in [2.45, 2.75) is 9.79 Å². The Hall–Kier alpha value is -1.59. The Kier molecular flexibility index (Phi) is 3.17. The molecule has 0 bridgehead atoms. The van der Waals surface area contributed by atoms with Crippen LogP contribution in [0.3, 0.4) is 0 Å². The Labute approximate surface area is 113 Å². The summed E-state index contributed by atoms with van der Waals surface area (Å²) in [5.74, 6) is 0.556. The van der Waals surface area contributed by atoms with E-state index >= 15 is 0 Å². The molecule has 1 aliphatic rings. The van der Waals surface area contributed by atoms with E-state index < -0.39 is 0 Å². The van der Waals surface area contributed by atoms with Gasteiger partial charge in [0.05, 0.1) is 5.69 Å². The molecule has 0 N–H and O–H groups in total. The van der Waals surface area contributed by atoms with Crippen LogP contribution >= 0.6 is 23.9 Å². The summed E-state index contributed by atoms with van der Waals surface area (Å²) in [6.07, 6.45) is 0. The first-order valence-corrected chi connectivity index (χ1v) is 6.87. The van der Waals surface area contributed by atoms with Gasteiger partial charge in [-0.3, -0.25) is 4.79 Å². The fourth-order valence-electron chi connectivity index (χ4n) is 1.61. The van der Waals surface area contributed by atoms with Crippen molar-refractivity contribution >= 4 is 36.1 Å². The maximum atomic E-state index is 10.2. The number of benzene rings is 2. The fraction of sp³-hybridized carbons (Fsp3) is 0. The number of carbonyl (C=O) groups is 1. The molecular weight excluding hydrogens is 266 g/mol. The molecule has 0 spiro atoms. The first-order chi connectivity index (χ1) is 8.86. The number of hydrogen-bond acceptors (Lipinski definition) is 5. The number of carbonyl (C=O) groups excluding carboxylic acids is 1. The molecule has 90 valence electrons. The predicted octanol–water partition coefficient (Wildman–Crippen LogP) is 3.76. The Morgan fingerprint density at radius 2 is 1.56 bits per heavy atom. The highest BCUT2D eigenvalue weighted by Gasteiger charge is 2.21. The maximum absolute atomic E-state index is 10.2. The van der Waals surface area contributed by atoms with E-state index in [9.17, 15) is 4.79 Å². The molecule has 0 fully saturated rings. The number of nitrogens with zero attached hydrogens (tertiary/aromatic N) is 1. The second-order valence-corrected chi connectivity index (χ2v) is 5.80. The van der Waals surface area contributed by atoms with E-state index in [0.29, 0.717) is 12.2 Å². The molecule has 5 heteroatoms. The molecule has 1 aliphatic heterocycles. The van der Waals surface area contributed by atoms with Crippen molar-refractivity contribution in [3.63, 3.8) is 0 Å². The molecule has 3 nitrogen and oxygen atoms in total. The maximum Gasteiger partial charge on any atom is 0.298 e. The lowest BCUT2D eigenvalue weighted by atomic mass is 10.3. The van der Waals surface area contributed by atoms with E-state index in [0.717, 1.165) is 5.69 Å². The molecule has 0 radical (unpaired) electrons. The molecule has 0 amide bonds. The summed E-state index contributed by atoms with van der Waals surface area (Å²) in [6, 6.07) is 15.7. The number of rotatable bonds is 3. The molecule has 18 heavy (non-hydrogen) atoms. The molecule has 1 heterocycles. The van der Waals surface area contributed by atoms with E-state index in [1.165, 1.54) is 9.79 Å². The van der Waals surface area contributed by atoms with Crippen molar-refractivity contribution in [3.05, 3.63) is 48.5 Å². The molecule has 0 saturated heterocycles. The summed E-state index contributed by atoms with van der Waals surface area (Å²) in [7, 11) is 0. The lowest BCUT2D eigenvalue weighted by Crippen LogP contribution is -1.97. The van der Waals surface area contributed by atoms with Gasteiger partial charge in [0.1, 0.15) is 5.75 Å². The van der Waals surface area contributed by atoms with Crippen LogP contribution in [-0.2, 0) is 4.79 Å². The lowest BCUT2D eigenvalue weighted by Gasteiger charge is -2.13. The lowest BCUT2D eigenvalue weighted by molar-refractivity contribution is -0.120. The Balaban J connectivity index is 1.79. The monoisotopic (exact) mass is 275 g/mol. The van der Waals surface area contributed by atoms with Gasteiger partial charge in [-0.1, -0.05) is 12.1 Å². The normalized spacial score (nSPS) is 13.2. The molecule has 0 atom stereocenters. The molecular formula is C13H9NO2S2. The van der Waals surface area contributed by atoms with Crippen LogP contribution in [0.1, 0.15) is 0 Å². The highest BCUT2D eigenvalue weighted by atomic mass is 32.2. The van der Waals surface area contributed by atoms with Gasteiger partial charge in [0.2, 0.25) is 0 Å². The number of anilines is 1. The third-order valence-corrected chi connectivity index (χ3v) is 4.88. The minimum Gasteiger partial charge on any atom is -0.429 e. The van der Waals surface area contributed by atoms with E-state index in [2.05, 4.69) is 15.8 Å². The molecule has 3 rings (SSSR count). The summed E-state index contributed by atoms with van der Waals surface area (Å²) in [6.45, 7) is 0.435. The topological polar surface area (TPSA) is 29.5 Å². The van der Waals surface area contributed by atoms with Crippen molar-refractivity contribution < 1.29 is 9.53 Å². The Bertz CT molecular complexity index is 546. The van der Waals surface area contributed by atoms with Gasteiger partial charge in [0, 0.05) is 33.7 Å².